The molecule has 0 heterocycles. The van der Waals surface area contributed by atoms with Crippen molar-refractivity contribution in [1.29, 1.82) is 0 Å². The summed E-state index contributed by atoms with van der Waals surface area (Å²) in [5.74, 6) is -0.287. The highest BCUT2D eigenvalue weighted by Gasteiger charge is 2.30. The minimum absolute atomic E-state index is 0.117. The van der Waals surface area contributed by atoms with Gasteiger partial charge in [0.1, 0.15) is 13.3 Å². The van der Waals surface area contributed by atoms with Gasteiger partial charge in [0.05, 0.1) is 5.41 Å². The van der Waals surface area contributed by atoms with Crippen LogP contribution in [0.3, 0.4) is 0 Å². The monoisotopic (exact) mass is 176 g/mol. The van der Waals surface area contributed by atoms with Gasteiger partial charge < -0.3 is 4.74 Å². The second-order valence-corrected chi connectivity index (χ2v) is 3.09. The first-order valence-corrected chi connectivity index (χ1v) is 4.34. The van der Waals surface area contributed by atoms with Gasteiger partial charge in [0.25, 0.3) is 0 Å². The molecule has 0 saturated carbocycles. The number of carbonyl (C=O) groups excluding carboxylic acids is 1. The molecule has 0 amide bonds. The van der Waals surface area contributed by atoms with Crippen molar-refractivity contribution in [3.05, 3.63) is 0 Å². The standard InChI is InChI=1S/C9H17FO2/c1-4-9(3,5-2)8(11)12-7-6-10/h4-7H2,1-3H3. The second kappa shape index (κ2) is 5.12. The zero-order valence-electron chi connectivity index (χ0n) is 8.02. The van der Waals surface area contributed by atoms with E-state index in [-0.39, 0.29) is 12.6 Å². The molecule has 0 aliphatic carbocycles. The van der Waals surface area contributed by atoms with Crippen LogP contribution in [0.15, 0.2) is 0 Å². The van der Waals surface area contributed by atoms with Crippen molar-refractivity contribution in [3.8, 4) is 0 Å². The van der Waals surface area contributed by atoms with Crippen molar-refractivity contribution in [2.24, 2.45) is 5.41 Å². The minimum atomic E-state index is -0.602. The number of rotatable bonds is 5. The predicted octanol–water partition coefficient (Wildman–Crippen LogP) is 2.33. The summed E-state index contributed by atoms with van der Waals surface area (Å²) >= 11 is 0. The fourth-order valence-corrected chi connectivity index (χ4v) is 0.844. The van der Waals surface area contributed by atoms with E-state index in [4.69, 9.17) is 4.74 Å². The molecule has 0 aromatic rings. The van der Waals surface area contributed by atoms with Gasteiger partial charge in [-0.15, -0.1) is 0 Å². The Bertz CT molecular complexity index is 141. The normalized spacial score (nSPS) is 11.3. The predicted molar refractivity (Wildman–Crippen MR) is 45.6 cm³/mol. The molecule has 0 spiro atoms. The van der Waals surface area contributed by atoms with Crippen molar-refractivity contribution in [2.75, 3.05) is 13.3 Å². The van der Waals surface area contributed by atoms with Crippen molar-refractivity contribution < 1.29 is 13.9 Å². The van der Waals surface area contributed by atoms with E-state index < -0.39 is 12.1 Å². The molecule has 72 valence electrons. The number of hydrogen-bond acceptors (Lipinski definition) is 2. The molecule has 0 rings (SSSR count). The fourth-order valence-electron chi connectivity index (χ4n) is 0.844. The molecule has 0 unspecified atom stereocenters. The molecule has 0 atom stereocenters. The fraction of sp³-hybridized carbons (Fsp3) is 0.889. The molecule has 3 heteroatoms. The molecular formula is C9H17FO2. The van der Waals surface area contributed by atoms with Crippen LogP contribution < -0.4 is 0 Å². The summed E-state index contributed by atoms with van der Waals surface area (Å²) in [6.07, 6.45) is 1.46. The highest BCUT2D eigenvalue weighted by Crippen LogP contribution is 2.26. The molecule has 0 aromatic heterocycles. The number of carbonyl (C=O) groups is 1. The van der Waals surface area contributed by atoms with Crippen LogP contribution in [0, 0.1) is 5.41 Å². The molecule has 12 heavy (non-hydrogen) atoms. The topological polar surface area (TPSA) is 26.3 Å². The lowest BCUT2D eigenvalue weighted by atomic mass is 9.85. The summed E-state index contributed by atoms with van der Waals surface area (Å²) in [4.78, 5) is 11.3. The largest absolute Gasteiger partial charge is 0.462 e. The van der Waals surface area contributed by atoms with Crippen LogP contribution >= 0.6 is 0 Å². The van der Waals surface area contributed by atoms with Gasteiger partial charge in [0.2, 0.25) is 0 Å². The number of hydrogen-bond donors (Lipinski definition) is 0. The quantitative estimate of drug-likeness (QED) is 0.601. The maximum atomic E-state index is 11.7. The van der Waals surface area contributed by atoms with E-state index in [0.29, 0.717) is 0 Å². The summed E-state index contributed by atoms with van der Waals surface area (Å²) in [5.41, 5.74) is -0.435. The van der Waals surface area contributed by atoms with Crippen LogP contribution in [0.25, 0.3) is 0 Å². The maximum absolute atomic E-state index is 11.7. The van der Waals surface area contributed by atoms with Crippen LogP contribution in [-0.4, -0.2) is 19.3 Å². The van der Waals surface area contributed by atoms with E-state index in [1.54, 1.807) is 0 Å². The summed E-state index contributed by atoms with van der Waals surface area (Å²) in [6.45, 7) is 4.98. The van der Waals surface area contributed by atoms with Crippen molar-refractivity contribution >= 4 is 5.97 Å². The SMILES string of the molecule is CCC(C)(CC)C(=O)OCCF. The zero-order chi connectivity index (χ0) is 9.61. The summed E-state index contributed by atoms with van der Waals surface area (Å²) in [7, 11) is 0. The molecular weight excluding hydrogens is 159 g/mol. The van der Waals surface area contributed by atoms with Gasteiger partial charge >= 0.3 is 5.97 Å². The number of ether oxygens (including phenoxy) is 1. The van der Waals surface area contributed by atoms with Crippen LogP contribution in [-0.2, 0) is 9.53 Å². The van der Waals surface area contributed by atoms with Crippen LogP contribution in [0.4, 0.5) is 4.39 Å². The third-order valence-corrected chi connectivity index (χ3v) is 2.36. The molecule has 2 nitrogen and oxygen atoms in total. The Morgan fingerprint density at radius 3 is 2.25 bits per heavy atom. The molecule has 0 aliphatic rings. The van der Waals surface area contributed by atoms with E-state index in [9.17, 15) is 9.18 Å². The third kappa shape index (κ3) is 2.80. The smallest absolute Gasteiger partial charge is 0.311 e. The third-order valence-electron chi connectivity index (χ3n) is 2.36. The molecule has 0 bridgehead atoms. The Balaban J connectivity index is 4.03. The molecule has 0 N–H and O–H groups in total. The van der Waals surface area contributed by atoms with E-state index in [0.717, 1.165) is 12.8 Å². The van der Waals surface area contributed by atoms with Gasteiger partial charge in [-0.2, -0.15) is 0 Å². The molecule has 0 fully saturated rings. The van der Waals surface area contributed by atoms with Gasteiger partial charge in [-0.1, -0.05) is 13.8 Å². The van der Waals surface area contributed by atoms with Gasteiger partial charge in [0.15, 0.2) is 0 Å². The Morgan fingerprint density at radius 2 is 1.92 bits per heavy atom. The average molecular weight is 176 g/mol. The Kier molecular flexibility index (Phi) is 4.86. The van der Waals surface area contributed by atoms with Crippen LogP contribution in [0.5, 0.6) is 0 Å². The Labute approximate surface area is 73.1 Å². The second-order valence-electron chi connectivity index (χ2n) is 3.09. The maximum Gasteiger partial charge on any atom is 0.311 e. The van der Waals surface area contributed by atoms with Gasteiger partial charge in [-0.25, -0.2) is 4.39 Å². The van der Waals surface area contributed by atoms with Crippen LogP contribution in [0.2, 0.25) is 0 Å². The molecule has 0 saturated heterocycles. The van der Waals surface area contributed by atoms with Gasteiger partial charge in [0, 0.05) is 0 Å². The van der Waals surface area contributed by atoms with Gasteiger partial charge in [-0.3, -0.25) is 4.79 Å². The minimum Gasteiger partial charge on any atom is -0.462 e. The van der Waals surface area contributed by atoms with Crippen molar-refractivity contribution in [3.63, 3.8) is 0 Å². The summed E-state index contributed by atoms with van der Waals surface area (Å²) < 4.78 is 16.4. The first-order valence-electron chi connectivity index (χ1n) is 4.34. The lowest BCUT2D eigenvalue weighted by Crippen LogP contribution is -2.29. The Morgan fingerprint density at radius 1 is 1.42 bits per heavy atom. The van der Waals surface area contributed by atoms with Crippen LogP contribution in [0.1, 0.15) is 33.6 Å². The average Bonchev–Trinajstić information content (AvgIpc) is 2.12. The van der Waals surface area contributed by atoms with E-state index >= 15 is 0 Å². The highest BCUT2D eigenvalue weighted by molar-refractivity contribution is 5.76. The van der Waals surface area contributed by atoms with Crippen molar-refractivity contribution in [1.82, 2.24) is 0 Å². The molecule has 0 aliphatic heterocycles. The first kappa shape index (κ1) is 11.4. The number of halogens is 1. The summed E-state index contributed by atoms with van der Waals surface area (Å²) in [6, 6.07) is 0. The van der Waals surface area contributed by atoms with Gasteiger partial charge in [-0.05, 0) is 19.8 Å². The number of esters is 1. The molecule has 0 radical (unpaired) electrons. The van der Waals surface area contributed by atoms with Crippen molar-refractivity contribution in [2.45, 2.75) is 33.6 Å². The lowest BCUT2D eigenvalue weighted by molar-refractivity contribution is -0.155. The molecule has 0 aromatic carbocycles. The van der Waals surface area contributed by atoms with E-state index in [1.165, 1.54) is 0 Å². The number of alkyl halides is 1. The summed E-state index contributed by atoms with van der Waals surface area (Å²) in [5, 5.41) is 0. The van der Waals surface area contributed by atoms with E-state index in [2.05, 4.69) is 0 Å². The van der Waals surface area contributed by atoms with E-state index in [1.807, 2.05) is 20.8 Å². The zero-order valence-corrected chi connectivity index (χ0v) is 8.02. The lowest BCUT2D eigenvalue weighted by Gasteiger charge is -2.23. The highest BCUT2D eigenvalue weighted by atomic mass is 19.1. The first-order chi connectivity index (χ1) is 5.60. The Hall–Kier alpha value is -0.600.